The zero-order valence-corrected chi connectivity index (χ0v) is 44.5. The van der Waals surface area contributed by atoms with Crippen molar-refractivity contribution in [3.05, 3.63) is 131 Å². The number of unbranched alkanes of at least 4 members (excludes halogenated alkanes) is 2. The van der Waals surface area contributed by atoms with Crippen molar-refractivity contribution in [2.24, 2.45) is 0 Å². The van der Waals surface area contributed by atoms with Crippen LogP contribution in [0.1, 0.15) is 114 Å². The van der Waals surface area contributed by atoms with Gasteiger partial charge in [0.2, 0.25) is 0 Å². The zero-order valence-electron chi connectivity index (χ0n) is 38.5. The monoisotopic (exact) mass is 937 g/mol. The second kappa shape index (κ2) is 25.2. The van der Waals surface area contributed by atoms with Gasteiger partial charge in [-0.25, -0.2) is 0 Å². The van der Waals surface area contributed by atoms with Crippen molar-refractivity contribution in [1.82, 2.24) is 4.14 Å². The van der Waals surface area contributed by atoms with E-state index in [9.17, 15) is 0 Å². The second-order valence-electron chi connectivity index (χ2n) is 18.1. The molecule has 1 nitrogen and oxygen atoms in total. The van der Waals surface area contributed by atoms with Gasteiger partial charge < -0.3 is 4.14 Å². The van der Waals surface area contributed by atoms with Crippen LogP contribution in [0.4, 0.5) is 0 Å². The molecule has 0 aliphatic carbocycles. The van der Waals surface area contributed by atoms with Gasteiger partial charge in [-0.05, 0) is 59.8 Å². The van der Waals surface area contributed by atoms with Gasteiger partial charge in [0.15, 0.2) is 7.98 Å². The Morgan fingerprint density at radius 3 is 1.20 bits per heavy atom. The summed E-state index contributed by atoms with van der Waals surface area (Å²) in [4.78, 5) is 0. The first kappa shape index (κ1) is 51.4. The van der Waals surface area contributed by atoms with Crippen molar-refractivity contribution in [2.75, 3.05) is 0 Å². The average Bonchev–Trinajstić information content (AvgIpc) is 3.87. The molecule has 0 saturated carbocycles. The minimum atomic E-state index is -1.22. The van der Waals surface area contributed by atoms with Crippen LogP contribution in [0.15, 0.2) is 109 Å². The summed E-state index contributed by atoms with van der Waals surface area (Å²) in [7, 11) is 13.4. The van der Waals surface area contributed by atoms with Gasteiger partial charge in [0, 0.05) is 0 Å². The number of hydrogen-bond acceptors (Lipinski definition) is 1. The first-order chi connectivity index (χ1) is 28.1. The number of halogens is 2. The first-order valence-electron chi connectivity index (χ1n) is 22.1. The Hall–Kier alpha value is -1.98. The summed E-state index contributed by atoms with van der Waals surface area (Å²) < 4.78 is 2.15. The van der Waals surface area contributed by atoms with Gasteiger partial charge in [-0.1, -0.05) is 178 Å². The standard InChI is InChI=1S/2C23H27.C6H18BNSi2.2ClH.Zr/c2*1-4-6-10-18-11-7-8-13-21(18)22-14-9-12-19-15-20(16-23(19)22)17(3)5-2;1-9(2,3)8(7)10(4,5)6;;;/h2*7-9,11-17H,4-6,10H2,1-3H3;1-6H3;2*1H;/q2*-1;;;;+4/p-2. The third-order valence-electron chi connectivity index (χ3n) is 11.6. The first-order valence-corrected chi connectivity index (χ1v) is 35.3. The van der Waals surface area contributed by atoms with Gasteiger partial charge in [-0.2, -0.15) is 12.1 Å². The molecule has 6 aromatic carbocycles. The topological polar surface area (TPSA) is 3.24 Å². The summed E-state index contributed by atoms with van der Waals surface area (Å²) in [5, 5.41) is 5.57. The van der Waals surface area contributed by atoms with E-state index in [2.05, 4.69) is 194 Å². The molecule has 0 aliphatic rings. The van der Waals surface area contributed by atoms with E-state index in [1.165, 1.54) is 117 Å². The van der Waals surface area contributed by atoms with Crippen LogP contribution in [0.5, 0.6) is 0 Å². The van der Waals surface area contributed by atoms with E-state index < -0.39 is 37.3 Å². The number of benzene rings is 4. The van der Waals surface area contributed by atoms with Crippen molar-refractivity contribution in [3.8, 4) is 22.3 Å². The SMILES string of the molecule is CCCCc1ccccc1-c1cccc2[cH-]c(C(C)CC)cc12.CCCCc1ccccc1-c1cccc2[cH-]c(C(C)CC)cc12.[B]N([Si](C)(C)C)[Si](C)(C)C.[Cl][Zr+2][Cl]. The number of nitrogens with zero attached hydrogens (tertiary/aromatic N) is 1. The molecule has 7 heteroatoms. The summed E-state index contributed by atoms with van der Waals surface area (Å²) in [6.45, 7) is 27.4. The fraction of sp³-hybridized carbons (Fsp3) is 0.423. The molecular formula is C52H72BCl2NSi2Zr. The molecule has 0 aromatic heterocycles. The molecule has 0 aliphatic heterocycles. The Labute approximate surface area is 382 Å². The van der Waals surface area contributed by atoms with Crippen molar-refractivity contribution in [2.45, 2.75) is 144 Å². The third-order valence-corrected chi connectivity index (χ3v) is 18.5. The maximum atomic E-state index is 5.98. The van der Waals surface area contributed by atoms with Crippen molar-refractivity contribution in [3.63, 3.8) is 0 Å². The van der Waals surface area contributed by atoms with E-state index in [1.54, 1.807) is 0 Å². The van der Waals surface area contributed by atoms with Crippen LogP contribution in [0.3, 0.4) is 0 Å². The van der Waals surface area contributed by atoms with Gasteiger partial charge in [0.05, 0.1) is 0 Å². The molecule has 6 aromatic rings. The van der Waals surface area contributed by atoms with Gasteiger partial charge in [-0.3, -0.25) is 0 Å². The van der Waals surface area contributed by atoms with Gasteiger partial charge in [0.25, 0.3) is 0 Å². The molecule has 0 bridgehead atoms. The van der Waals surface area contributed by atoms with Crippen molar-refractivity contribution >= 4 is 63.0 Å². The molecule has 314 valence electrons. The summed E-state index contributed by atoms with van der Waals surface area (Å²) in [5.74, 6) is 1.26. The number of hydrogen-bond donors (Lipinski definition) is 0. The Balaban J connectivity index is 0.000000245. The van der Waals surface area contributed by atoms with E-state index in [0.29, 0.717) is 11.8 Å². The predicted octanol–water partition coefficient (Wildman–Crippen LogP) is 17.6. The van der Waals surface area contributed by atoms with Crippen LogP contribution >= 0.6 is 17.0 Å². The van der Waals surface area contributed by atoms with Crippen molar-refractivity contribution in [1.29, 1.82) is 0 Å². The summed E-state index contributed by atoms with van der Waals surface area (Å²) in [6.07, 6.45) is 9.72. The summed E-state index contributed by atoms with van der Waals surface area (Å²) in [5.41, 5.74) is 11.5. The summed E-state index contributed by atoms with van der Waals surface area (Å²) >= 11 is -0.826. The molecule has 2 unspecified atom stereocenters. The van der Waals surface area contributed by atoms with Crippen LogP contribution in [0, 0.1) is 0 Å². The molecule has 0 N–H and O–H groups in total. The van der Waals surface area contributed by atoms with Crippen LogP contribution < -0.4 is 0 Å². The molecule has 6 rings (SSSR count). The molecule has 2 atom stereocenters. The third kappa shape index (κ3) is 15.1. The Bertz CT molecular complexity index is 1980. The van der Waals surface area contributed by atoms with Crippen LogP contribution in [0.25, 0.3) is 43.8 Å². The average molecular weight is 940 g/mol. The molecule has 0 fully saturated rings. The summed E-state index contributed by atoms with van der Waals surface area (Å²) in [6, 6.07) is 40.9. The van der Waals surface area contributed by atoms with Gasteiger partial charge in [0.1, 0.15) is 16.5 Å². The number of aryl methyl sites for hydroxylation is 2. The molecule has 0 spiro atoms. The molecule has 0 heterocycles. The molecule has 59 heavy (non-hydrogen) atoms. The number of fused-ring (bicyclic) bond motifs is 2. The normalized spacial score (nSPS) is 12.5. The molecular weight excluding hydrogens is 868 g/mol. The fourth-order valence-corrected chi connectivity index (χ4v) is 15.8. The fourth-order valence-electron chi connectivity index (χ4n) is 7.77. The molecule has 2 radical (unpaired) electrons. The quantitative estimate of drug-likeness (QED) is 0.0777. The van der Waals surface area contributed by atoms with E-state index >= 15 is 0 Å². The molecule has 0 saturated heterocycles. The Morgan fingerprint density at radius 2 is 0.898 bits per heavy atom. The molecule has 0 amide bonds. The minimum absolute atomic E-state index is 0.630. The zero-order chi connectivity index (χ0) is 43.8. The van der Waals surface area contributed by atoms with Gasteiger partial charge in [-0.15, -0.1) is 69.1 Å². The van der Waals surface area contributed by atoms with Crippen molar-refractivity contribution < 1.29 is 20.8 Å². The van der Waals surface area contributed by atoms with Crippen LogP contribution in [-0.4, -0.2) is 28.6 Å². The Morgan fingerprint density at radius 1 is 0.559 bits per heavy atom. The maximum absolute atomic E-state index is 5.98. The van der Waals surface area contributed by atoms with E-state index in [0.717, 1.165) is 0 Å². The van der Waals surface area contributed by atoms with Crippen LogP contribution in [-0.2, 0) is 33.7 Å². The van der Waals surface area contributed by atoms with Crippen LogP contribution in [0.2, 0.25) is 39.3 Å². The number of rotatable bonds is 14. The van der Waals surface area contributed by atoms with E-state index in [-0.39, 0.29) is 0 Å². The predicted molar refractivity (Wildman–Crippen MR) is 271 cm³/mol. The Kier molecular flexibility index (Phi) is 22.0. The second-order valence-corrected chi connectivity index (χ2v) is 31.9. The van der Waals surface area contributed by atoms with E-state index in [1.807, 2.05) is 0 Å². The van der Waals surface area contributed by atoms with Gasteiger partial charge >= 0.3 is 37.9 Å². The van der Waals surface area contributed by atoms with E-state index in [4.69, 9.17) is 25.0 Å².